The van der Waals surface area contributed by atoms with Crippen molar-refractivity contribution in [3.05, 3.63) is 64.3 Å². The van der Waals surface area contributed by atoms with Gasteiger partial charge in [0.25, 0.3) is 5.56 Å². The standard InChI is InChI=1S/C68H106N4O20/c1-35(2)26-52(75)88-58-42(9)57(38(5)34-84-65-61(82-17)60(81-16)54(76)45(12)87-65)90-63(79)44(11)59(89-53-27-36(3)47(28-39(6)85-53)30-46-22-20-19-21-23-46)41(8)56(91-64-55(77)48(72-83-18)29-40(7)86-64)37(4)31-68(15,62(78)43(58)10)92-66(80)71-67(13,14)25-24-50(73)49-32-70-51(74)33-69-49/h19-23,32-33,35-45,47,53-61,64-65,76-77H,24-31,34H2,1-18H3,(H,70,74)(H,71,80)/t36?,37-,38-,39-,40+,41+,42-,43+,44+,45+,47?,53-,54+,55+,56-,57+,58+,59-,60+,61+,64-,65+,68-/m0/s1. The van der Waals surface area contributed by atoms with E-state index in [1.165, 1.54) is 40.0 Å². The molecule has 0 aliphatic carbocycles. The van der Waals surface area contributed by atoms with E-state index in [4.69, 9.17) is 56.9 Å². The Morgan fingerprint density at radius 1 is 0.815 bits per heavy atom. The summed E-state index contributed by atoms with van der Waals surface area (Å²) >= 11 is 0. The number of aromatic nitrogens is 2. The Morgan fingerprint density at radius 2 is 1.50 bits per heavy atom. The molecule has 4 aliphatic rings. The number of aliphatic hydroxyl groups excluding tert-OH is 2. The van der Waals surface area contributed by atoms with Crippen LogP contribution in [0, 0.1) is 53.3 Å². The summed E-state index contributed by atoms with van der Waals surface area (Å²) in [6.07, 6.45) is -10.8. The second-order valence-corrected chi connectivity index (χ2v) is 27.8. The number of esters is 2. The third kappa shape index (κ3) is 20.1. The van der Waals surface area contributed by atoms with Gasteiger partial charge in [-0.15, -0.1) is 0 Å². The third-order valence-electron chi connectivity index (χ3n) is 18.8. The Bertz CT molecular complexity index is 2780. The molecule has 4 aliphatic heterocycles. The van der Waals surface area contributed by atoms with Crippen LogP contribution in [0.1, 0.15) is 165 Å². The van der Waals surface area contributed by atoms with Gasteiger partial charge in [-0.2, -0.15) is 0 Å². The van der Waals surface area contributed by atoms with E-state index in [2.05, 4.69) is 39.5 Å². The fourth-order valence-electron chi connectivity index (χ4n) is 13.7. The van der Waals surface area contributed by atoms with Crippen molar-refractivity contribution in [3.8, 4) is 0 Å². The Hall–Kier alpha value is -5.28. The zero-order valence-electron chi connectivity index (χ0n) is 57.3. The number of carbonyl (C=O) groups excluding carboxylic acids is 5. The molecule has 2 unspecified atom stereocenters. The minimum Gasteiger partial charge on any atom is -0.461 e. The first-order valence-corrected chi connectivity index (χ1v) is 32.8. The molecule has 0 saturated carbocycles. The lowest BCUT2D eigenvalue weighted by Gasteiger charge is -2.45. The summed E-state index contributed by atoms with van der Waals surface area (Å²) in [5, 5.41) is 30.0. The van der Waals surface area contributed by atoms with Crippen molar-refractivity contribution in [3.63, 3.8) is 0 Å². The number of alkyl carbamates (subject to hydrolysis) is 1. The van der Waals surface area contributed by atoms with E-state index in [0.717, 1.165) is 19.0 Å². The molecular weight excluding hydrogens is 1190 g/mol. The average molecular weight is 1300 g/mol. The third-order valence-corrected chi connectivity index (χ3v) is 18.8. The number of cyclic esters (lactones) is 1. The normalized spacial score (nSPS) is 36.3. The van der Waals surface area contributed by atoms with Gasteiger partial charge in [-0.25, -0.2) is 9.78 Å². The number of ether oxygens (including phenoxy) is 11. The van der Waals surface area contributed by atoms with Gasteiger partial charge in [-0.1, -0.05) is 90.9 Å². The molecule has 4 saturated heterocycles. The summed E-state index contributed by atoms with van der Waals surface area (Å²) in [7, 11) is 4.26. The summed E-state index contributed by atoms with van der Waals surface area (Å²) in [5.41, 5.74) is -2.23. The molecule has 1 aromatic heterocycles. The molecule has 6 rings (SSSR count). The molecule has 0 bridgehead atoms. The molecule has 1 aromatic carbocycles. The molecule has 2 aromatic rings. The van der Waals surface area contributed by atoms with Gasteiger partial charge in [0.2, 0.25) is 0 Å². The lowest BCUT2D eigenvalue weighted by atomic mass is 9.74. The highest BCUT2D eigenvalue weighted by Gasteiger charge is 2.53. The number of nitrogens with one attached hydrogen (secondary N) is 2. The van der Waals surface area contributed by atoms with Gasteiger partial charge >= 0.3 is 18.0 Å². The van der Waals surface area contributed by atoms with Crippen LogP contribution in [0.5, 0.6) is 0 Å². The summed E-state index contributed by atoms with van der Waals surface area (Å²) < 4.78 is 71.4. The van der Waals surface area contributed by atoms with Gasteiger partial charge in [-0.3, -0.25) is 24.0 Å². The van der Waals surface area contributed by atoms with E-state index in [1.807, 2.05) is 45.9 Å². The van der Waals surface area contributed by atoms with Crippen LogP contribution in [0.3, 0.4) is 0 Å². The Labute approximate surface area is 542 Å². The largest absolute Gasteiger partial charge is 0.461 e. The van der Waals surface area contributed by atoms with Crippen LogP contribution in [0.2, 0.25) is 0 Å². The predicted molar refractivity (Wildman–Crippen MR) is 338 cm³/mol. The Balaban J connectivity index is 1.50. The highest BCUT2D eigenvalue weighted by Crippen LogP contribution is 2.42. The molecule has 4 N–H and O–H groups in total. The van der Waals surface area contributed by atoms with Crippen LogP contribution < -0.4 is 10.9 Å². The number of Topliss-reactive ketones (excluding diaryl/α,β-unsaturated/α-hetero) is 2. The zero-order valence-corrected chi connectivity index (χ0v) is 57.3. The fourth-order valence-corrected chi connectivity index (χ4v) is 13.7. The number of carbonyl (C=O) groups is 5. The molecule has 518 valence electrons. The van der Waals surface area contributed by atoms with Crippen molar-refractivity contribution in [1.82, 2.24) is 15.3 Å². The number of aromatic amines is 1. The van der Waals surface area contributed by atoms with Gasteiger partial charge in [0.1, 0.15) is 49.4 Å². The molecule has 24 nitrogen and oxygen atoms in total. The minimum atomic E-state index is -2.09. The summed E-state index contributed by atoms with van der Waals surface area (Å²) in [4.78, 5) is 97.4. The second kappa shape index (κ2) is 33.9. The number of nitrogens with zero attached hydrogens (tertiary/aromatic N) is 2. The van der Waals surface area contributed by atoms with Gasteiger partial charge < -0.3 is 77.5 Å². The molecule has 5 heterocycles. The van der Waals surface area contributed by atoms with Crippen molar-refractivity contribution < 1.29 is 91.1 Å². The molecule has 0 spiro atoms. The quantitative estimate of drug-likeness (QED) is 0.0374. The maximum absolute atomic E-state index is 16.2. The lowest BCUT2D eigenvalue weighted by Crippen LogP contribution is -2.59. The van der Waals surface area contributed by atoms with E-state index in [0.29, 0.717) is 6.42 Å². The monoisotopic (exact) mass is 1300 g/mol. The van der Waals surface area contributed by atoms with Gasteiger partial charge in [0, 0.05) is 69.4 Å². The molecule has 1 amide bonds. The van der Waals surface area contributed by atoms with E-state index in [1.54, 1.807) is 62.3 Å². The van der Waals surface area contributed by atoms with E-state index >= 15 is 9.59 Å². The van der Waals surface area contributed by atoms with E-state index < -0.39 is 162 Å². The van der Waals surface area contributed by atoms with Crippen LogP contribution in [-0.2, 0) is 77.7 Å². The topological polar surface area (TPSA) is 307 Å². The maximum Gasteiger partial charge on any atom is 0.408 e. The number of oxime groups is 1. The number of hydrogen-bond donors (Lipinski definition) is 4. The highest BCUT2D eigenvalue weighted by molar-refractivity contribution is 5.94. The van der Waals surface area contributed by atoms with Crippen molar-refractivity contribution in [1.29, 1.82) is 0 Å². The van der Waals surface area contributed by atoms with Gasteiger partial charge in [-0.05, 0) is 103 Å². The number of H-pyrrole nitrogens is 1. The van der Waals surface area contributed by atoms with Crippen molar-refractivity contribution in [2.24, 2.45) is 58.4 Å². The average Bonchev–Trinajstić information content (AvgIpc) is 0.882. The smallest absolute Gasteiger partial charge is 0.408 e. The highest BCUT2D eigenvalue weighted by atomic mass is 16.7. The molecule has 23 atom stereocenters. The molecular formula is C68H106N4O20. The summed E-state index contributed by atoms with van der Waals surface area (Å²) in [6, 6.07) is 10.3. The van der Waals surface area contributed by atoms with Crippen LogP contribution in [0.4, 0.5) is 4.79 Å². The number of hydrogen-bond acceptors (Lipinski definition) is 22. The first kappa shape index (κ1) is 75.7. The SMILES string of the molecule is CON=C1C[C@@H](C)O[C@@H](O[C@@H]2[C@@H](C)[C@H](O[C@H]3CC(C)C(Cc4ccccc4)C[C@H](C)O3)[C@@H](C)C(=O)O[C@H]([C@@H](C)CO[C@@H]3O[C@H](C)[C@@H](O)[C@@H](OC)[C@H]3OC)[C@H](C)[C@@H](OC(=O)CC(C)C)[C@@H](C)C(=O)[C@@](C)(OC(=O)NC(C)(C)CCC(=O)c3c[nH]c(=O)cn3)C[C@@H]2C)[C@@H]1O. The van der Waals surface area contributed by atoms with Gasteiger partial charge in [0.05, 0.1) is 60.9 Å². The first-order valence-electron chi connectivity index (χ1n) is 32.8. The zero-order chi connectivity index (χ0) is 68.1. The molecule has 24 heteroatoms. The first-order chi connectivity index (χ1) is 43.3. The maximum atomic E-state index is 16.2. The fraction of sp³-hybridized carbons (Fsp3) is 0.765. The second-order valence-electron chi connectivity index (χ2n) is 27.8. The van der Waals surface area contributed by atoms with E-state index in [9.17, 15) is 29.4 Å². The number of rotatable bonds is 22. The van der Waals surface area contributed by atoms with Crippen LogP contribution in [0.15, 0.2) is 52.7 Å². The molecule has 92 heavy (non-hydrogen) atoms. The lowest BCUT2D eigenvalue weighted by molar-refractivity contribution is -0.305. The molecule has 4 fully saturated rings. The number of amides is 1. The van der Waals surface area contributed by atoms with Crippen LogP contribution >= 0.6 is 0 Å². The summed E-state index contributed by atoms with van der Waals surface area (Å²) in [5.74, 6) is -8.15. The van der Waals surface area contributed by atoms with E-state index in [-0.39, 0.29) is 74.0 Å². The molecule has 0 radical (unpaired) electrons. The Kier molecular flexibility index (Phi) is 27.9. The number of ketones is 2. The van der Waals surface area contributed by atoms with Gasteiger partial charge in [0.15, 0.2) is 36.0 Å². The van der Waals surface area contributed by atoms with Crippen molar-refractivity contribution in [2.75, 3.05) is 27.9 Å². The van der Waals surface area contributed by atoms with Crippen molar-refractivity contribution >= 4 is 35.3 Å². The number of methoxy groups -OCH3 is 2. The summed E-state index contributed by atoms with van der Waals surface area (Å²) in [6.45, 7) is 26.5. The Morgan fingerprint density at radius 3 is 2.13 bits per heavy atom. The predicted octanol–water partition coefficient (Wildman–Crippen LogP) is 8.10. The number of benzene rings is 1. The van der Waals surface area contributed by atoms with Crippen LogP contribution in [-0.4, -0.2) is 181 Å². The minimum absolute atomic E-state index is 0.0309. The van der Waals surface area contributed by atoms with Crippen molar-refractivity contribution in [2.45, 2.75) is 252 Å². The van der Waals surface area contributed by atoms with Crippen LogP contribution in [0.25, 0.3) is 0 Å². The number of aliphatic hydroxyl groups is 2.